The molecule has 1 amide bonds. The van der Waals surface area contributed by atoms with Gasteiger partial charge in [-0.3, -0.25) is 19.6 Å². The lowest BCUT2D eigenvalue weighted by molar-refractivity contribution is -0.387. The molecule has 0 saturated carbocycles. The second-order valence-electron chi connectivity index (χ2n) is 6.18. The van der Waals surface area contributed by atoms with Crippen LogP contribution in [0.5, 0.6) is 0 Å². The van der Waals surface area contributed by atoms with Crippen molar-refractivity contribution in [1.29, 1.82) is 0 Å². The van der Waals surface area contributed by atoms with Gasteiger partial charge in [-0.1, -0.05) is 25.1 Å². The van der Waals surface area contributed by atoms with Gasteiger partial charge in [0.1, 0.15) is 0 Å². The average molecular weight is 389 g/mol. The number of carbonyl (C=O) groups is 1. The van der Waals surface area contributed by atoms with Crippen molar-refractivity contribution in [3.05, 3.63) is 58.1 Å². The molecule has 1 aliphatic rings. The maximum absolute atomic E-state index is 12.7. The third-order valence-electron chi connectivity index (χ3n) is 4.41. The molecule has 0 saturated heterocycles. The van der Waals surface area contributed by atoms with Crippen LogP contribution in [0, 0.1) is 10.1 Å². The highest BCUT2D eigenvalue weighted by Crippen LogP contribution is 2.32. The first-order valence-corrected chi connectivity index (χ1v) is 10.0. The summed E-state index contributed by atoms with van der Waals surface area (Å²) >= 11 is 0. The third kappa shape index (κ3) is 3.77. The molecule has 0 aliphatic carbocycles. The van der Waals surface area contributed by atoms with Crippen LogP contribution in [0.1, 0.15) is 25.3 Å². The fourth-order valence-electron chi connectivity index (χ4n) is 3.13. The Morgan fingerprint density at radius 1 is 1.26 bits per heavy atom. The molecular weight excluding hydrogens is 370 g/mol. The van der Waals surface area contributed by atoms with E-state index < -0.39 is 25.5 Å². The number of benzene rings is 2. The van der Waals surface area contributed by atoms with Gasteiger partial charge >= 0.3 is 0 Å². The minimum atomic E-state index is -4.15. The van der Waals surface area contributed by atoms with Gasteiger partial charge in [0, 0.05) is 24.7 Å². The summed E-state index contributed by atoms with van der Waals surface area (Å²) in [5, 5.41) is 11.1. The molecule has 2 aromatic carbocycles. The maximum atomic E-state index is 12.7. The predicted octanol–water partition coefficient (Wildman–Crippen LogP) is 3.08. The molecule has 142 valence electrons. The summed E-state index contributed by atoms with van der Waals surface area (Å²) in [5.41, 5.74) is 1.40. The molecule has 8 nitrogen and oxygen atoms in total. The molecule has 3 rings (SSSR count). The van der Waals surface area contributed by atoms with Crippen LogP contribution in [0.3, 0.4) is 0 Å². The largest absolute Gasteiger partial charge is 0.312 e. The number of hydrogen-bond donors (Lipinski definition) is 1. The Hall–Kier alpha value is -2.94. The Balaban J connectivity index is 1.97. The summed E-state index contributed by atoms with van der Waals surface area (Å²) in [6, 6.07) is 10.1. The van der Waals surface area contributed by atoms with Crippen molar-refractivity contribution in [3.63, 3.8) is 0 Å². The van der Waals surface area contributed by atoms with E-state index in [1.807, 2.05) is 0 Å². The predicted molar refractivity (Wildman–Crippen MR) is 101 cm³/mol. The van der Waals surface area contributed by atoms with E-state index in [4.69, 9.17) is 0 Å². The van der Waals surface area contributed by atoms with Gasteiger partial charge in [0.15, 0.2) is 4.90 Å². The number of sulfonamides is 1. The molecule has 0 spiro atoms. The molecule has 2 aromatic rings. The minimum absolute atomic E-state index is 0.0327. The summed E-state index contributed by atoms with van der Waals surface area (Å²) in [5.74, 6) is -0.0327. The summed E-state index contributed by atoms with van der Waals surface area (Å²) in [6.45, 7) is 2.36. The molecule has 1 N–H and O–H groups in total. The number of para-hydroxylation sites is 1. The molecular formula is C18H19N3O5S. The van der Waals surface area contributed by atoms with Crippen molar-refractivity contribution in [2.45, 2.75) is 31.1 Å². The topological polar surface area (TPSA) is 110 Å². The van der Waals surface area contributed by atoms with Gasteiger partial charge in [0.25, 0.3) is 15.7 Å². The maximum Gasteiger partial charge on any atom is 0.289 e. The lowest BCUT2D eigenvalue weighted by atomic mass is 10.0. The van der Waals surface area contributed by atoms with E-state index in [1.165, 1.54) is 18.2 Å². The first kappa shape index (κ1) is 18.8. The molecule has 0 fully saturated rings. The second kappa shape index (κ2) is 7.36. The Bertz CT molecular complexity index is 1000. The summed E-state index contributed by atoms with van der Waals surface area (Å²) in [7, 11) is -4.15. The quantitative estimate of drug-likeness (QED) is 0.624. The van der Waals surface area contributed by atoms with Crippen LogP contribution in [0.4, 0.5) is 17.1 Å². The van der Waals surface area contributed by atoms with E-state index in [9.17, 15) is 23.3 Å². The SMILES string of the molecule is CCC(=O)N1CCCc2ccc(NS(=O)(=O)c3ccccc3[N+](=O)[O-])cc21. The lowest BCUT2D eigenvalue weighted by Crippen LogP contribution is -2.35. The van der Waals surface area contributed by atoms with Crippen molar-refractivity contribution < 1.29 is 18.1 Å². The van der Waals surface area contributed by atoms with Crippen molar-refractivity contribution in [2.24, 2.45) is 0 Å². The van der Waals surface area contributed by atoms with E-state index in [1.54, 1.807) is 30.0 Å². The van der Waals surface area contributed by atoms with E-state index in [2.05, 4.69) is 4.72 Å². The number of rotatable bonds is 5. The molecule has 27 heavy (non-hydrogen) atoms. The van der Waals surface area contributed by atoms with Gasteiger partial charge in [-0.15, -0.1) is 0 Å². The summed E-state index contributed by atoms with van der Waals surface area (Å²) < 4.78 is 27.7. The van der Waals surface area contributed by atoms with Crippen molar-refractivity contribution >= 4 is 33.0 Å². The van der Waals surface area contributed by atoms with Crippen LogP contribution >= 0.6 is 0 Å². The normalized spacial score (nSPS) is 13.7. The Morgan fingerprint density at radius 2 is 2.00 bits per heavy atom. The van der Waals surface area contributed by atoms with Gasteiger partial charge < -0.3 is 4.90 Å². The fraction of sp³-hybridized carbons (Fsp3) is 0.278. The zero-order valence-corrected chi connectivity index (χ0v) is 15.5. The molecule has 1 aliphatic heterocycles. The number of nitro groups is 1. The number of nitro benzene ring substituents is 1. The number of anilines is 2. The number of amides is 1. The van der Waals surface area contributed by atoms with Crippen LogP contribution < -0.4 is 9.62 Å². The van der Waals surface area contributed by atoms with Crippen LogP contribution in [0.15, 0.2) is 47.4 Å². The molecule has 0 aromatic heterocycles. The Morgan fingerprint density at radius 3 is 2.70 bits per heavy atom. The fourth-order valence-corrected chi connectivity index (χ4v) is 4.36. The molecule has 9 heteroatoms. The standard InChI is InChI=1S/C18H19N3O5S/c1-2-18(22)20-11-5-6-13-9-10-14(12-16(13)20)19-27(25,26)17-8-4-3-7-15(17)21(23)24/h3-4,7-10,12,19H,2,5-6,11H2,1H3. The van der Waals surface area contributed by atoms with Gasteiger partial charge in [-0.2, -0.15) is 0 Å². The van der Waals surface area contributed by atoms with E-state index >= 15 is 0 Å². The number of nitrogens with zero attached hydrogens (tertiary/aromatic N) is 2. The van der Waals surface area contributed by atoms with Crippen molar-refractivity contribution in [3.8, 4) is 0 Å². The van der Waals surface area contributed by atoms with Gasteiger partial charge in [0.2, 0.25) is 5.91 Å². The highest BCUT2D eigenvalue weighted by Gasteiger charge is 2.26. The first-order chi connectivity index (χ1) is 12.8. The van der Waals surface area contributed by atoms with E-state index in [0.29, 0.717) is 18.7 Å². The van der Waals surface area contributed by atoms with Gasteiger partial charge in [0.05, 0.1) is 10.6 Å². The van der Waals surface area contributed by atoms with Crippen LogP contribution in [-0.4, -0.2) is 25.8 Å². The van der Waals surface area contributed by atoms with Crippen LogP contribution in [0.2, 0.25) is 0 Å². The number of carbonyl (C=O) groups excluding carboxylic acids is 1. The van der Waals surface area contributed by atoms with Crippen molar-refractivity contribution in [2.75, 3.05) is 16.2 Å². The Kier molecular flexibility index (Phi) is 5.13. The molecule has 0 radical (unpaired) electrons. The highest BCUT2D eigenvalue weighted by atomic mass is 32.2. The van der Waals surface area contributed by atoms with Gasteiger partial charge in [-0.25, -0.2) is 8.42 Å². The number of aryl methyl sites for hydroxylation is 1. The summed E-state index contributed by atoms with van der Waals surface area (Å²) in [6.07, 6.45) is 2.01. The number of hydrogen-bond acceptors (Lipinski definition) is 5. The minimum Gasteiger partial charge on any atom is -0.312 e. The smallest absolute Gasteiger partial charge is 0.289 e. The zero-order valence-electron chi connectivity index (χ0n) is 14.7. The first-order valence-electron chi connectivity index (χ1n) is 8.53. The molecule has 0 bridgehead atoms. The lowest BCUT2D eigenvalue weighted by Gasteiger charge is -2.29. The second-order valence-corrected chi connectivity index (χ2v) is 7.83. The number of nitrogens with one attached hydrogen (secondary N) is 1. The third-order valence-corrected chi connectivity index (χ3v) is 5.84. The summed E-state index contributed by atoms with van der Waals surface area (Å²) in [4.78, 5) is 23.8. The Labute approximate surface area is 157 Å². The van der Waals surface area contributed by atoms with Crippen molar-refractivity contribution in [1.82, 2.24) is 0 Å². The molecule has 0 atom stereocenters. The molecule has 1 heterocycles. The number of fused-ring (bicyclic) bond motifs is 1. The highest BCUT2D eigenvalue weighted by molar-refractivity contribution is 7.92. The van der Waals surface area contributed by atoms with Gasteiger partial charge in [-0.05, 0) is 36.6 Å². The van der Waals surface area contributed by atoms with E-state index in [0.717, 1.165) is 24.5 Å². The zero-order chi connectivity index (χ0) is 19.6. The average Bonchev–Trinajstić information content (AvgIpc) is 2.66. The van der Waals surface area contributed by atoms with Crippen LogP contribution in [-0.2, 0) is 21.2 Å². The van der Waals surface area contributed by atoms with Crippen LogP contribution in [0.25, 0.3) is 0 Å². The monoisotopic (exact) mass is 389 g/mol. The van der Waals surface area contributed by atoms with E-state index in [-0.39, 0.29) is 11.6 Å². The molecule has 0 unspecified atom stereocenters.